The molecule has 0 radical (unpaired) electrons. The number of nitrogens with one attached hydrogen (secondary N) is 1. The summed E-state index contributed by atoms with van der Waals surface area (Å²) in [6.45, 7) is 0.745. The number of rotatable bonds is 6. The van der Waals surface area contributed by atoms with E-state index in [-0.39, 0.29) is 0 Å². The van der Waals surface area contributed by atoms with Crippen LogP contribution in [0.3, 0.4) is 0 Å². The highest BCUT2D eigenvalue weighted by atomic mass is 16.5. The van der Waals surface area contributed by atoms with Gasteiger partial charge in [-0.2, -0.15) is 0 Å². The molecule has 0 bridgehead atoms. The van der Waals surface area contributed by atoms with Crippen LogP contribution in [0.2, 0.25) is 0 Å². The Bertz CT molecular complexity index is 158. The third-order valence-electron chi connectivity index (χ3n) is 2.97. The number of aliphatic hydroxyl groups is 1. The van der Waals surface area contributed by atoms with Crippen LogP contribution in [0.4, 0.5) is 0 Å². The molecule has 90 valence electrons. The zero-order valence-corrected chi connectivity index (χ0v) is 9.74. The van der Waals surface area contributed by atoms with Gasteiger partial charge < -0.3 is 19.9 Å². The lowest BCUT2D eigenvalue weighted by atomic mass is 9.93. The minimum absolute atomic E-state index is 0.320. The molecule has 0 aliphatic heterocycles. The third-order valence-corrected chi connectivity index (χ3v) is 2.97. The molecule has 1 aliphatic rings. The molecule has 1 fully saturated rings. The van der Waals surface area contributed by atoms with E-state index in [1.807, 2.05) is 7.05 Å². The first-order chi connectivity index (χ1) is 7.26. The van der Waals surface area contributed by atoms with E-state index in [0.29, 0.717) is 25.4 Å². The van der Waals surface area contributed by atoms with Crippen LogP contribution >= 0.6 is 0 Å². The van der Waals surface area contributed by atoms with E-state index in [2.05, 4.69) is 5.32 Å². The minimum Gasteiger partial charge on any atom is -0.388 e. The van der Waals surface area contributed by atoms with Crippen molar-refractivity contribution in [3.8, 4) is 0 Å². The third kappa shape index (κ3) is 4.93. The quantitative estimate of drug-likeness (QED) is 0.682. The predicted octanol–water partition coefficient (Wildman–Crippen LogP) is 0.541. The van der Waals surface area contributed by atoms with Crippen molar-refractivity contribution in [1.82, 2.24) is 5.32 Å². The van der Waals surface area contributed by atoms with Gasteiger partial charge in [-0.1, -0.05) is 0 Å². The summed E-state index contributed by atoms with van der Waals surface area (Å²) in [5.74, 6) is 0. The zero-order chi connectivity index (χ0) is 11.1. The molecule has 0 amide bonds. The second-order valence-electron chi connectivity index (χ2n) is 4.20. The molecule has 1 aliphatic carbocycles. The van der Waals surface area contributed by atoms with Gasteiger partial charge in [0.05, 0.1) is 19.3 Å². The van der Waals surface area contributed by atoms with Crippen LogP contribution in [0.25, 0.3) is 0 Å². The molecule has 0 heterocycles. The fraction of sp³-hybridized carbons (Fsp3) is 1.00. The molecule has 0 aromatic heterocycles. The van der Waals surface area contributed by atoms with Crippen LogP contribution in [0, 0.1) is 0 Å². The van der Waals surface area contributed by atoms with E-state index in [4.69, 9.17) is 9.47 Å². The van der Waals surface area contributed by atoms with Gasteiger partial charge in [0.2, 0.25) is 0 Å². The van der Waals surface area contributed by atoms with E-state index >= 15 is 0 Å². The fourth-order valence-electron chi connectivity index (χ4n) is 2.01. The fourth-order valence-corrected chi connectivity index (χ4v) is 2.01. The lowest BCUT2D eigenvalue weighted by Gasteiger charge is -2.28. The Morgan fingerprint density at radius 2 is 1.93 bits per heavy atom. The number of ether oxygens (including phenoxy) is 2. The number of hydrogen-bond donors (Lipinski definition) is 2. The van der Waals surface area contributed by atoms with Crippen molar-refractivity contribution in [3.63, 3.8) is 0 Å². The van der Waals surface area contributed by atoms with E-state index < -0.39 is 6.10 Å². The summed E-state index contributed by atoms with van der Waals surface area (Å²) in [7, 11) is 3.59. The van der Waals surface area contributed by atoms with Gasteiger partial charge in [0.1, 0.15) is 6.10 Å². The Kier molecular flexibility index (Phi) is 6.17. The summed E-state index contributed by atoms with van der Waals surface area (Å²) in [6.07, 6.45) is 4.34. The van der Waals surface area contributed by atoms with E-state index in [1.54, 1.807) is 7.11 Å². The second-order valence-corrected chi connectivity index (χ2v) is 4.20. The molecular formula is C11H23NO3. The van der Waals surface area contributed by atoms with Gasteiger partial charge in [0.25, 0.3) is 0 Å². The normalized spacial score (nSPS) is 29.0. The summed E-state index contributed by atoms with van der Waals surface area (Å²) < 4.78 is 10.5. The van der Waals surface area contributed by atoms with Gasteiger partial charge >= 0.3 is 0 Å². The Balaban J connectivity index is 2.08. The second kappa shape index (κ2) is 7.17. The lowest BCUT2D eigenvalue weighted by molar-refractivity contribution is -0.0479. The minimum atomic E-state index is -0.489. The van der Waals surface area contributed by atoms with Gasteiger partial charge in [0, 0.05) is 13.2 Å². The van der Waals surface area contributed by atoms with Crippen LogP contribution in [0.1, 0.15) is 25.7 Å². The van der Waals surface area contributed by atoms with Crippen LogP contribution in [0.5, 0.6) is 0 Å². The SMILES string of the molecule is CNC1CCC(OCC(O)COC)CC1. The maximum absolute atomic E-state index is 9.42. The van der Waals surface area contributed by atoms with Crippen LogP contribution in [0.15, 0.2) is 0 Å². The molecular weight excluding hydrogens is 194 g/mol. The van der Waals surface area contributed by atoms with Crippen molar-refractivity contribution in [3.05, 3.63) is 0 Å². The first-order valence-electron chi connectivity index (χ1n) is 5.72. The number of hydrogen-bond acceptors (Lipinski definition) is 4. The van der Waals surface area contributed by atoms with Crippen molar-refractivity contribution < 1.29 is 14.6 Å². The Hall–Kier alpha value is -0.160. The Morgan fingerprint density at radius 3 is 2.47 bits per heavy atom. The first-order valence-corrected chi connectivity index (χ1v) is 5.72. The van der Waals surface area contributed by atoms with E-state index in [1.165, 1.54) is 12.8 Å². The van der Waals surface area contributed by atoms with Gasteiger partial charge in [-0.3, -0.25) is 0 Å². The molecule has 15 heavy (non-hydrogen) atoms. The van der Waals surface area contributed by atoms with Gasteiger partial charge in [-0.25, -0.2) is 0 Å². The zero-order valence-electron chi connectivity index (χ0n) is 9.74. The molecule has 1 unspecified atom stereocenters. The standard InChI is InChI=1S/C11H23NO3/c1-12-9-3-5-11(6-4-9)15-8-10(13)7-14-2/h9-13H,3-8H2,1-2H3. The molecule has 0 saturated heterocycles. The van der Waals surface area contributed by atoms with Crippen molar-refractivity contribution in [2.24, 2.45) is 0 Å². The summed E-state index contributed by atoms with van der Waals surface area (Å²) in [5, 5.41) is 12.7. The average molecular weight is 217 g/mol. The monoisotopic (exact) mass is 217 g/mol. The highest BCUT2D eigenvalue weighted by molar-refractivity contribution is 4.76. The van der Waals surface area contributed by atoms with Gasteiger partial charge in [-0.05, 0) is 32.7 Å². The van der Waals surface area contributed by atoms with Crippen molar-refractivity contribution in [1.29, 1.82) is 0 Å². The number of methoxy groups -OCH3 is 1. The number of aliphatic hydroxyl groups excluding tert-OH is 1. The molecule has 1 atom stereocenters. The molecule has 0 aromatic rings. The first kappa shape index (κ1) is 12.9. The molecule has 4 heteroatoms. The molecule has 2 N–H and O–H groups in total. The van der Waals surface area contributed by atoms with E-state index in [9.17, 15) is 5.11 Å². The maximum Gasteiger partial charge on any atom is 0.101 e. The Labute approximate surface area is 92.0 Å². The van der Waals surface area contributed by atoms with Crippen molar-refractivity contribution in [2.75, 3.05) is 27.4 Å². The topological polar surface area (TPSA) is 50.7 Å². The molecule has 0 aromatic carbocycles. The Morgan fingerprint density at radius 1 is 1.27 bits per heavy atom. The van der Waals surface area contributed by atoms with Crippen LogP contribution in [-0.2, 0) is 9.47 Å². The summed E-state index contributed by atoms with van der Waals surface area (Å²) >= 11 is 0. The van der Waals surface area contributed by atoms with Crippen molar-refractivity contribution >= 4 is 0 Å². The molecule has 4 nitrogen and oxygen atoms in total. The summed E-state index contributed by atoms with van der Waals surface area (Å²) in [5.41, 5.74) is 0. The van der Waals surface area contributed by atoms with Gasteiger partial charge in [0.15, 0.2) is 0 Å². The smallest absolute Gasteiger partial charge is 0.101 e. The van der Waals surface area contributed by atoms with Gasteiger partial charge in [-0.15, -0.1) is 0 Å². The van der Waals surface area contributed by atoms with Crippen LogP contribution < -0.4 is 5.32 Å². The van der Waals surface area contributed by atoms with Crippen LogP contribution in [-0.4, -0.2) is 50.7 Å². The highest BCUT2D eigenvalue weighted by Gasteiger charge is 2.20. The predicted molar refractivity (Wildman–Crippen MR) is 58.9 cm³/mol. The van der Waals surface area contributed by atoms with E-state index in [0.717, 1.165) is 12.8 Å². The summed E-state index contributed by atoms with van der Waals surface area (Å²) in [6, 6.07) is 0.647. The molecule has 1 saturated carbocycles. The average Bonchev–Trinajstić information content (AvgIpc) is 2.27. The highest BCUT2D eigenvalue weighted by Crippen LogP contribution is 2.20. The van der Waals surface area contributed by atoms with Crippen molar-refractivity contribution in [2.45, 2.75) is 43.9 Å². The molecule has 0 spiro atoms. The molecule has 1 rings (SSSR count). The summed E-state index contributed by atoms with van der Waals surface area (Å²) in [4.78, 5) is 0. The maximum atomic E-state index is 9.42. The lowest BCUT2D eigenvalue weighted by Crippen LogP contribution is -2.34. The largest absolute Gasteiger partial charge is 0.388 e.